The van der Waals surface area contributed by atoms with Crippen LogP contribution in [0.5, 0.6) is 0 Å². The van der Waals surface area contributed by atoms with Gasteiger partial charge in [0.15, 0.2) is 20.5 Å². The van der Waals surface area contributed by atoms with Gasteiger partial charge in [0.2, 0.25) is 0 Å². The number of hydrogen-bond acceptors (Lipinski definition) is 4. The van der Waals surface area contributed by atoms with Crippen LogP contribution in [0.3, 0.4) is 0 Å². The zero-order valence-corrected chi connectivity index (χ0v) is 13.2. The van der Waals surface area contributed by atoms with Crippen molar-refractivity contribution < 1.29 is 8.42 Å². The molecule has 4 rings (SSSR count). The summed E-state index contributed by atoms with van der Waals surface area (Å²) in [5.41, 5.74) is 2.00. The van der Waals surface area contributed by atoms with E-state index in [-0.39, 0.29) is 5.03 Å². The maximum absolute atomic E-state index is 11.9. The summed E-state index contributed by atoms with van der Waals surface area (Å²) in [6.07, 6.45) is 6.12. The van der Waals surface area contributed by atoms with Crippen molar-refractivity contribution in [3.8, 4) is 11.3 Å². The molecule has 0 bridgehead atoms. The van der Waals surface area contributed by atoms with E-state index in [0.29, 0.717) is 11.3 Å². The summed E-state index contributed by atoms with van der Waals surface area (Å²) in [6, 6.07) is 14.1. The van der Waals surface area contributed by atoms with Crippen molar-refractivity contribution in [3.63, 3.8) is 0 Å². The number of nitrogens with zero attached hydrogens (tertiary/aromatic N) is 3. The Bertz CT molecular complexity index is 1150. The third-order valence-electron chi connectivity index (χ3n) is 3.74. The Labute approximate surface area is 133 Å². The van der Waals surface area contributed by atoms with Crippen molar-refractivity contribution >= 4 is 26.3 Å². The minimum Gasteiger partial charge on any atom is -0.302 e. The van der Waals surface area contributed by atoms with Gasteiger partial charge in [0, 0.05) is 30.4 Å². The number of rotatable bonds is 2. The Balaban J connectivity index is 1.95. The first-order valence-electron chi connectivity index (χ1n) is 7.05. The normalized spacial score (nSPS) is 12.0. The second kappa shape index (κ2) is 4.89. The average molecular weight is 323 g/mol. The molecule has 0 unspecified atom stereocenters. The minimum atomic E-state index is -3.43. The van der Waals surface area contributed by atoms with Crippen LogP contribution in [0.1, 0.15) is 0 Å². The van der Waals surface area contributed by atoms with Crippen molar-refractivity contribution in [2.45, 2.75) is 5.03 Å². The molecule has 0 atom stereocenters. The Morgan fingerprint density at radius 1 is 1.04 bits per heavy atom. The molecule has 6 heteroatoms. The summed E-state index contributed by atoms with van der Waals surface area (Å²) in [4.78, 5) is 8.44. The van der Waals surface area contributed by atoms with E-state index >= 15 is 0 Å². The van der Waals surface area contributed by atoms with Gasteiger partial charge >= 0.3 is 0 Å². The highest BCUT2D eigenvalue weighted by atomic mass is 32.2. The van der Waals surface area contributed by atoms with Crippen LogP contribution >= 0.6 is 0 Å². The smallest absolute Gasteiger partial charge is 0.198 e. The first kappa shape index (κ1) is 13.9. The van der Waals surface area contributed by atoms with Crippen LogP contribution < -0.4 is 0 Å². The molecule has 0 saturated heterocycles. The number of imidazole rings is 1. The Morgan fingerprint density at radius 2 is 1.83 bits per heavy atom. The lowest BCUT2D eigenvalue weighted by atomic mass is 10.1. The quantitative estimate of drug-likeness (QED) is 0.569. The third kappa shape index (κ3) is 2.37. The lowest BCUT2D eigenvalue weighted by Gasteiger charge is -2.00. The second-order valence-corrected chi connectivity index (χ2v) is 7.35. The standard InChI is InChI=1S/C17H13N3O2S/c1-23(21,22)17-16-19-15(11-20(16)9-8-18-17)14-7-6-12-4-2-3-5-13(12)10-14/h2-11H,1H3. The number of sulfone groups is 1. The van der Waals surface area contributed by atoms with Gasteiger partial charge in [-0.05, 0) is 16.8 Å². The van der Waals surface area contributed by atoms with E-state index in [1.165, 1.54) is 6.20 Å². The lowest BCUT2D eigenvalue weighted by molar-refractivity contribution is 0.598. The molecule has 23 heavy (non-hydrogen) atoms. The van der Waals surface area contributed by atoms with Gasteiger partial charge in [-0.25, -0.2) is 18.4 Å². The van der Waals surface area contributed by atoms with Crippen LogP contribution in [0.15, 0.2) is 66.1 Å². The molecule has 0 radical (unpaired) electrons. The van der Waals surface area contributed by atoms with E-state index in [1.54, 1.807) is 10.6 Å². The highest BCUT2D eigenvalue weighted by Gasteiger charge is 2.17. The van der Waals surface area contributed by atoms with Crippen LogP contribution in [0, 0.1) is 0 Å². The van der Waals surface area contributed by atoms with Gasteiger partial charge in [-0.3, -0.25) is 0 Å². The van der Waals surface area contributed by atoms with E-state index in [4.69, 9.17) is 0 Å². The van der Waals surface area contributed by atoms with Gasteiger partial charge in [-0.15, -0.1) is 0 Å². The molecule has 0 amide bonds. The van der Waals surface area contributed by atoms with Gasteiger partial charge < -0.3 is 4.40 Å². The van der Waals surface area contributed by atoms with E-state index in [9.17, 15) is 8.42 Å². The van der Waals surface area contributed by atoms with Gasteiger partial charge in [0.05, 0.1) is 5.69 Å². The molecule has 2 aromatic carbocycles. The number of hydrogen-bond donors (Lipinski definition) is 0. The van der Waals surface area contributed by atoms with Crippen molar-refractivity contribution in [2.24, 2.45) is 0 Å². The van der Waals surface area contributed by atoms with Crippen molar-refractivity contribution in [1.29, 1.82) is 0 Å². The van der Waals surface area contributed by atoms with Crippen molar-refractivity contribution in [1.82, 2.24) is 14.4 Å². The maximum atomic E-state index is 11.9. The van der Waals surface area contributed by atoms with Crippen LogP contribution in [-0.2, 0) is 9.84 Å². The molecule has 114 valence electrons. The van der Waals surface area contributed by atoms with Gasteiger partial charge in [-0.1, -0.05) is 36.4 Å². The Kier molecular flexibility index (Phi) is 2.96. The molecule has 0 fully saturated rings. The zero-order chi connectivity index (χ0) is 16.0. The molecule has 0 saturated carbocycles. The SMILES string of the molecule is CS(=O)(=O)c1nccn2cc(-c3ccc4ccccc4c3)nc12. The summed E-state index contributed by atoms with van der Waals surface area (Å²) in [5.74, 6) is 0. The van der Waals surface area contributed by atoms with Crippen molar-refractivity contribution in [2.75, 3.05) is 6.26 Å². The predicted molar refractivity (Wildman–Crippen MR) is 89.0 cm³/mol. The predicted octanol–water partition coefficient (Wildman–Crippen LogP) is 2.95. The first-order chi connectivity index (χ1) is 11.0. The average Bonchev–Trinajstić information content (AvgIpc) is 2.97. The molecule has 0 N–H and O–H groups in total. The van der Waals surface area contributed by atoms with Gasteiger partial charge in [0.1, 0.15) is 0 Å². The fourth-order valence-electron chi connectivity index (χ4n) is 2.65. The fraction of sp³-hybridized carbons (Fsp3) is 0.0588. The molecular weight excluding hydrogens is 310 g/mol. The molecule has 2 heterocycles. The maximum Gasteiger partial charge on any atom is 0.198 e. The minimum absolute atomic E-state index is 0.00737. The molecule has 0 spiro atoms. The van der Waals surface area contributed by atoms with Crippen LogP contribution in [0.25, 0.3) is 27.7 Å². The van der Waals surface area contributed by atoms with Crippen molar-refractivity contribution in [3.05, 3.63) is 61.1 Å². The molecule has 2 aromatic heterocycles. The lowest BCUT2D eigenvalue weighted by Crippen LogP contribution is -2.03. The van der Waals surface area contributed by atoms with E-state index in [0.717, 1.165) is 22.6 Å². The molecule has 0 aliphatic rings. The third-order valence-corrected chi connectivity index (χ3v) is 4.73. The number of benzene rings is 2. The summed E-state index contributed by atoms with van der Waals surface area (Å²) in [5, 5.41) is 2.26. The summed E-state index contributed by atoms with van der Waals surface area (Å²) in [6.45, 7) is 0. The number of fused-ring (bicyclic) bond motifs is 2. The number of aromatic nitrogens is 3. The van der Waals surface area contributed by atoms with Crippen LogP contribution in [0.2, 0.25) is 0 Å². The topological polar surface area (TPSA) is 64.3 Å². The fourth-order valence-corrected chi connectivity index (χ4v) is 3.38. The highest BCUT2D eigenvalue weighted by molar-refractivity contribution is 7.90. The summed E-state index contributed by atoms with van der Waals surface area (Å²) >= 11 is 0. The van der Waals surface area contributed by atoms with Crippen LogP contribution in [-0.4, -0.2) is 29.0 Å². The van der Waals surface area contributed by atoms with Crippen LogP contribution in [0.4, 0.5) is 0 Å². The highest BCUT2D eigenvalue weighted by Crippen LogP contribution is 2.25. The molecule has 0 aliphatic carbocycles. The zero-order valence-electron chi connectivity index (χ0n) is 12.3. The Morgan fingerprint density at radius 3 is 2.61 bits per heavy atom. The molecule has 4 aromatic rings. The van der Waals surface area contributed by atoms with E-state index in [2.05, 4.69) is 16.0 Å². The molecule has 5 nitrogen and oxygen atoms in total. The van der Waals surface area contributed by atoms with Gasteiger partial charge in [-0.2, -0.15) is 0 Å². The van der Waals surface area contributed by atoms with E-state index in [1.807, 2.05) is 42.6 Å². The molecule has 0 aliphatic heterocycles. The second-order valence-electron chi connectivity index (χ2n) is 5.42. The monoisotopic (exact) mass is 323 g/mol. The summed E-state index contributed by atoms with van der Waals surface area (Å²) < 4.78 is 25.4. The van der Waals surface area contributed by atoms with E-state index < -0.39 is 9.84 Å². The largest absolute Gasteiger partial charge is 0.302 e. The van der Waals surface area contributed by atoms with Gasteiger partial charge in [0.25, 0.3) is 0 Å². The first-order valence-corrected chi connectivity index (χ1v) is 8.94. The molecular formula is C17H13N3O2S. The Hall–Kier alpha value is -2.73. The summed E-state index contributed by atoms with van der Waals surface area (Å²) in [7, 11) is -3.43.